The maximum atomic E-state index is 5.62. The summed E-state index contributed by atoms with van der Waals surface area (Å²) in [5.74, 6) is 1.40. The van der Waals surface area contributed by atoms with E-state index in [0.29, 0.717) is 5.92 Å². The van der Waals surface area contributed by atoms with Crippen LogP contribution in [0, 0.1) is 0 Å². The highest BCUT2D eigenvalue weighted by Gasteiger charge is 2.03. The molecule has 10 heavy (non-hydrogen) atoms. The monoisotopic (exact) mass is 174 g/mol. The van der Waals surface area contributed by atoms with Gasteiger partial charge in [0.1, 0.15) is 0 Å². The average molecular weight is 175 g/mol. The molecule has 0 radical (unpaired) electrons. The minimum atomic E-state index is 0.637. The third-order valence-electron chi connectivity index (χ3n) is 1.57. The first-order valence-corrected chi connectivity index (χ1v) is 4.85. The summed E-state index contributed by atoms with van der Waals surface area (Å²) in [6.45, 7) is 2.22. The fraction of sp³-hybridized carbons (Fsp3) is 0.500. The van der Waals surface area contributed by atoms with Crippen molar-refractivity contribution in [1.29, 1.82) is 0 Å². The summed E-state index contributed by atoms with van der Waals surface area (Å²) in [5, 5.41) is 2.11. The lowest BCUT2D eigenvalue weighted by molar-refractivity contribution is 0.753. The van der Waals surface area contributed by atoms with Gasteiger partial charge in [0.25, 0.3) is 0 Å². The smallest absolute Gasteiger partial charge is 0.0229 e. The van der Waals surface area contributed by atoms with Crippen molar-refractivity contribution in [3.05, 3.63) is 22.4 Å². The molecule has 0 saturated heterocycles. The Hall–Kier alpha value is -0.0100. The fourth-order valence-corrected chi connectivity index (χ4v) is 2.03. The van der Waals surface area contributed by atoms with Crippen molar-refractivity contribution >= 4 is 22.9 Å². The van der Waals surface area contributed by atoms with E-state index in [9.17, 15) is 0 Å². The molecule has 0 N–H and O–H groups in total. The summed E-state index contributed by atoms with van der Waals surface area (Å²) in [5.41, 5.74) is 0. The number of rotatable bonds is 3. The van der Waals surface area contributed by atoms with Gasteiger partial charge in [-0.25, -0.2) is 0 Å². The minimum absolute atomic E-state index is 0.637. The second-order valence-electron chi connectivity index (χ2n) is 2.39. The predicted molar refractivity (Wildman–Crippen MR) is 48.1 cm³/mol. The van der Waals surface area contributed by atoms with Crippen LogP contribution in [0.4, 0.5) is 0 Å². The quantitative estimate of drug-likeness (QED) is 0.616. The van der Waals surface area contributed by atoms with Gasteiger partial charge in [-0.1, -0.05) is 13.0 Å². The van der Waals surface area contributed by atoms with Gasteiger partial charge in [-0.3, -0.25) is 0 Å². The van der Waals surface area contributed by atoms with Gasteiger partial charge in [0, 0.05) is 10.8 Å². The normalized spacial score (nSPS) is 13.4. The molecule has 0 spiro atoms. The molecule has 0 aliphatic carbocycles. The van der Waals surface area contributed by atoms with E-state index in [-0.39, 0.29) is 0 Å². The van der Waals surface area contributed by atoms with Crippen LogP contribution < -0.4 is 0 Å². The molecule has 0 aliphatic heterocycles. The average Bonchev–Trinajstić information content (AvgIpc) is 2.38. The third-order valence-corrected chi connectivity index (χ3v) is 2.89. The second kappa shape index (κ2) is 3.99. The van der Waals surface area contributed by atoms with Crippen LogP contribution in [0.3, 0.4) is 0 Å². The van der Waals surface area contributed by atoms with E-state index in [0.717, 1.165) is 12.3 Å². The number of hydrogen-bond acceptors (Lipinski definition) is 1. The van der Waals surface area contributed by atoms with E-state index >= 15 is 0 Å². The van der Waals surface area contributed by atoms with Crippen LogP contribution in [-0.2, 0) is 0 Å². The summed E-state index contributed by atoms with van der Waals surface area (Å²) in [6.07, 6.45) is 1.09. The molecular weight excluding hydrogens is 164 g/mol. The van der Waals surface area contributed by atoms with Gasteiger partial charge in [0.05, 0.1) is 0 Å². The Labute approximate surface area is 70.8 Å². The molecular formula is C8H11ClS. The van der Waals surface area contributed by atoms with E-state index in [1.54, 1.807) is 0 Å². The van der Waals surface area contributed by atoms with E-state index in [1.165, 1.54) is 4.88 Å². The molecule has 0 bridgehead atoms. The van der Waals surface area contributed by atoms with Gasteiger partial charge in [-0.05, 0) is 23.8 Å². The summed E-state index contributed by atoms with van der Waals surface area (Å²) < 4.78 is 0. The highest BCUT2D eigenvalue weighted by Crippen LogP contribution is 2.23. The molecule has 0 saturated carbocycles. The second-order valence-corrected chi connectivity index (χ2v) is 3.75. The Kier molecular flexibility index (Phi) is 3.23. The predicted octanol–water partition coefficient (Wildman–Crippen LogP) is 3.48. The lowest BCUT2D eigenvalue weighted by atomic mass is 10.1. The molecule has 1 aromatic heterocycles. The molecule has 0 fully saturated rings. The standard InChI is InChI=1S/C8H11ClS/c1-7(4-5-9)8-3-2-6-10-8/h2-3,6-7H,4-5H2,1H3/t7-/m0/s1. The van der Waals surface area contributed by atoms with Crippen molar-refractivity contribution in [2.24, 2.45) is 0 Å². The van der Waals surface area contributed by atoms with E-state index in [4.69, 9.17) is 11.6 Å². The Balaban J connectivity index is 2.50. The van der Waals surface area contributed by atoms with Crippen molar-refractivity contribution in [2.75, 3.05) is 5.88 Å². The van der Waals surface area contributed by atoms with Crippen molar-refractivity contribution < 1.29 is 0 Å². The first-order valence-electron chi connectivity index (χ1n) is 3.44. The zero-order valence-corrected chi connectivity index (χ0v) is 7.58. The first kappa shape index (κ1) is 8.09. The molecule has 0 amide bonds. The number of thiophene rings is 1. The third kappa shape index (κ3) is 1.99. The molecule has 56 valence electrons. The molecule has 1 heterocycles. The number of halogens is 1. The Morgan fingerprint density at radius 3 is 3.00 bits per heavy atom. The maximum Gasteiger partial charge on any atom is 0.0229 e. The molecule has 1 rings (SSSR count). The van der Waals surface area contributed by atoms with Crippen LogP contribution >= 0.6 is 22.9 Å². The molecule has 2 heteroatoms. The van der Waals surface area contributed by atoms with Gasteiger partial charge in [0.2, 0.25) is 0 Å². The zero-order chi connectivity index (χ0) is 7.40. The molecule has 1 atom stereocenters. The van der Waals surface area contributed by atoms with Crippen molar-refractivity contribution in [2.45, 2.75) is 19.3 Å². The van der Waals surface area contributed by atoms with Gasteiger partial charge in [-0.2, -0.15) is 0 Å². The molecule has 0 nitrogen and oxygen atoms in total. The van der Waals surface area contributed by atoms with Gasteiger partial charge in [-0.15, -0.1) is 22.9 Å². The van der Waals surface area contributed by atoms with Gasteiger partial charge in [0.15, 0.2) is 0 Å². The van der Waals surface area contributed by atoms with E-state index < -0.39 is 0 Å². The van der Waals surface area contributed by atoms with Crippen molar-refractivity contribution in [3.63, 3.8) is 0 Å². The minimum Gasteiger partial charge on any atom is -0.149 e. The topological polar surface area (TPSA) is 0 Å². The van der Waals surface area contributed by atoms with E-state index in [1.807, 2.05) is 11.3 Å². The first-order chi connectivity index (χ1) is 4.84. The number of hydrogen-bond donors (Lipinski definition) is 0. The Bertz CT molecular complexity index is 169. The molecule has 1 aromatic rings. The van der Waals surface area contributed by atoms with Crippen LogP contribution in [-0.4, -0.2) is 5.88 Å². The van der Waals surface area contributed by atoms with Crippen LogP contribution in [0.1, 0.15) is 24.1 Å². The highest BCUT2D eigenvalue weighted by molar-refractivity contribution is 7.10. The lowest BCUT2D eigenvalue weighted by Crippen LogP contribution is -1.89. The summed E-state index contributed by atoms with van der Waals surface area (Å²) in [4.78, 5) is 1.45. The lowest BCUT2D eigenvalue weighted by Gasteiger charge is -2.04. The van der Waals surface area contributed by atoms with Crippen LogP contribution in [0.2, 0.25) is 0 Å². The Morgan fingerprint density at radius 1 is 1.70 bits per heavy atom. The van der Waals surface area contributed by atoms with Crippen LogP contribution in [0.15, 0.2) is 17.5 Å². The van der Waals surface area contributed by atoms with E-state index in [2.05, 4.69) is 24.4 Å². The van der Waals surface area contributed by atoms with Gasteiger partial charge >= 0.3 is 0 Å². The Morgan fingerprint density at radius 2 is 2.50 bits per heavy atom. The zero-order valence-electron chi connectivity index (χ0n) is 6.01. The van der Waals surface area contributed by atoms with Crippen LogP contribution in [0.25, 0.3) is 0 Å². The van der Waals surface area contributed by atoms with Crippen molar-refractivity contribution in [1.82, 2.24) is 0 Å². The SMILES string of the molecule is C[C@@H](CCCl)c1cccs1. The van der Waals surface area contributed by atoms with Crippen molar-refractivity contribution in [3.8, 4) is 0 Å². The van der Waals surface area contributed by atoms with Crippen LogP contribution in [0.5, 0.6) is 0 Å². The summed E-state index contributed by atoms with van der Waals surface area (Å²) in [6, 6.07) is 4.26. The highest BCUT2D eigenvalue weighted by atomic mass is 35.5. The summed E-state index contributed by atoms with van der Waals surface area (Å²) in [7, 11) is 0. The van der Waals surface area contributed by atoms with Gasteiger partial charge < -0.3 is 0 Å². The maximum absolute atomic E-state index is 5.62. The number of alkyl halides is 1. The molecule has 0 aromatic carbocycles. The fourth-order valence-electron chi connectivity index (χ4n) is 0.878. The summed E-state index contributed by atoms with van der Waals surface area (Å²) >= 11 is 7.43. The largest absolute Gasteiger partial charge is 0.149 e. The molecule has 0 aliphatic rings. The molecule has 0 unspecified atom stereocenters.